The molecule has 18 heavy (non-hydrogen) atoms. The van der Waals surface area contributed by atoms with E-state index in [1.807, 2.05) is 0 Å². The zero-order valence-corrected chi connectivity index (χ0v) is 10.6. The summed E-state index contributed by atoms with van der Waals surface area (Å²) < 4.78 is 1.61. The molecule has 0 radical (unpaired) electrons. The molecule has 6 nitrogen and oxygen atoms in total. The van der Waals surface area contributed by atoms with Crippen LogP contribution in [0.2, 0.25) is 5.02 Å². The van der Waals surface area contributed by atoms with Crippen LogP contribution < -0.4 is 5.73 Å². The Kier molecular flexibility index (Phi) is 3.08. The molecular weight excluding hydrogens is 258 g/mol. The van der Waals surface area contributed by atoms with Crippen LogP contribution in [-0.2, 0) is 11.8 Å². The Morgan fingerprint density at radius 3 is 2.67 bits per heavy atom. The van der Waals surface area contributed by atoms with Crippen molar-refractivity contribution in [3.8, 4) is 0 Å². The van der Waals surface area contributed by atoms with Crippen molar-refractivity contribution >= 4 is 23.5 Å². The largest absolute Gasteiger partial charge is 0.480 e. The molecule has 1 saturated heterocycles. The quantitative estimate of drug-likeness (QED) is 0.810. The maximum atomic E-state index is 12.2. The van der Waals surface area contributed by atoms with Crippen molar-refractivity contribution in [2.75, 3.05) is 13.1 Å². The second-order valence-electron chi connectivity index (χ2n) is 4.59. The minimum Gasteiger partial charge on any atom is -0.480 e. The monoisotopic (exact) mass is 271 g/mol. The zero-order chi connectivity index (χ0) is 13.5. The molecule has 0 saturated carbocycles. The van der Waals surface area contributed by atoms with E-state index in [0.29, 0.717) is 17.3 Å². The van der Waals surface area contributed by atoms with E-state index in [4.69, 9.17) is 22.4 Å². The molecular formula is C11H14ClN3O3. The normalized spacial score (nSPS) is 23.4. The summed E-state index contributed by atoms with van der Waals surface area (Å²) in [6.45, 7) is 0.356. The van der Waals surface area contributed by atoms with Crippen molar-refractivity contribution in [3.63, 3.8) is 0 Å². The van der Waals surface area contributed by atoms with Crippen LogP contribution in [0.25, 0.3) is 0 Å². The number of amides is 1. The molecule has 1 aromatic heterocycles. The number of aromatic nitrogens is 1. The second-order valence-corrected chi connectivity index (χ2v) is 5.03. The van der Waals surface area contributed by atoms with Crippen molar-refractivity contribution in [1.29, 1.82) is 0 Å². The molecule has 1 aliphatic heterocycles. The van der Waals surface area contributed by atoms with Crippen LogP contribution in [0, 0.1) is 0 Å². The summed E-state index contributed by atoms with van der Waals surface area (Å²) in [7, 11) is 1.71. The van der Waals surface area contributed by atoms with E-state index in [9.17, 15) is 9.59 Å². The lowest BCUT2D eigenvalue weighted by Crippen LogP contribution is -2.50. The van der Waals surface area contributed by atoms with Crippen LogP contribution in [0.3, 0.4) is 0 Å². The first-order valence-corrected chi connectivity index (χ1v) is 5.85. The van der Waals surface area contributed by atoms with E-state index < -0.39 is 11.5 Å². The number of carbonyl (C=O) groups excluding carboxylic acids is 1. The Bertz CT molecular complexity index is 514. The fraction of sp³-hybridized carbons (Fsp3) is 0.455. The third-order valence-corrected chi connectivity index (χ3v) is 3.41. The molecule has 7 heteroatoms. The number of nitrogens with two attached hydrogens (primary N) is 1. The number of halogens is 1. The first-order chi connectivity index (χ1) is 8.33. The van der Waals surface area contributed by atoms with Crippen molar-refractivity contribution in [2.24, 2.45) is 12.8 Å². The van der Waals surface area contributed by atoms with E-state index >= 15 is 0 Å². The fourth-order valence-corrected chi connectivity index (χ4v) is 2.33. The van der Waals surface area contributed by atoms with E-state index in [1.54, 1.807) is 23.9 Å². The molecule has 1 fully saturated rings. The molecule has 98 valence electrons. The van der Waals surface area contributed by atoms with Crippen molar-refractivity contribution in [1.82, 2.24) is 9.47 Å². The highest BCUT2D eigenvalue weighted by atomic mass is 35.5. The fourth-order valence-electron chi connectivity index (χ4n) is 2.08. The topological polar surface area (TPSA) is 88.6 Å². The number of carboxylic acids is 1. The lowest BCUT2D eigenvalue weighted by molar-refractivity contribution is -0.142. The van der Waals surface area contributed by atoms with Gasteiger partial charge in [0.1, 0.15) is 11.2 Å². The summed E-state index contributed by atoms with van der Waals surface area (Å²) in [6, 6.07) is 1.56. The third-order valence-electron chi connectivity index (χ3n) is 3.20. The third kappa shape index (κ3) is 2.09. The number of aryl methyl sites for hydroxylation is 1. The Balaban J connectivity index is 2.18. The molecule has 2 heterocycles. The van der Waals surface area contributed by atoms with Crippen molar-refractivity contribution in [2.45, 2.75) is 12.0 Å². The molecule has 1 unspecified atom stereocenters. The highest BCUT2D eigenvalue weighted by Crippen LogP contribution is 2.22. The van der Waals surface area contributed by atoms with E-state index in [-0.39, 0.29) is 18.9 Å². The van der Waals surface area contributed by atoms with E-state index in [0.717, 1.165) is 0 Å². The van der Waals surface area contributed by atoms with Gasteiger partial charge >= 0.3 is 5.97 Å². The first kappa shape index (κ1) is 12.9. The highest BCUT2D eigenvalue weighted by Gasteiger charge is 2.43. The van der Waals surface area contributed by atoms with Crippen molar-refractivity contribution in [3.05, 3.63) is 23.0 Å². The van der Waals surface area contributed by atoms with Crippen LogP contribution >= 0.6 is 11.6 Å². The Labute approximate surface area is 109 Å². The average molecular weight is 272 g/mol. The lowest BCUT2D eigenvalue weighted by Gasteiger charge is -2.20. The predicted molar refractivity (Wildman–Crippen MR) is 65.5 cm³/mol. The zero-order valence-electron chi connectivity index (χ0n) is 9.89. The number of rotatable bonds is 2. The number of nitrogens with zero attached hydrogens (tertiary/aromatic N) is 2. The number of carbonyl (C=O) groups is 2. The van der Waals surface area contributed by atoms with Gasteiger partial charge in [0, 0.05) is 26.3 Å². The summed E-state index contributed by atoms with van der Waals surface area (Å²) in [5.74, 6) is -1.33. The summed E-state index contributed by atoms with van der Waals surface area (Å²) >= 11 is 5.81. The van der Waals surface area contributed by atoms with E-state index in [1.165, 1.54) is 4.90 Å². The van der Waals surface area contributed by atoms with Gasteiger partial charge in [0.15, 0.2) is 0 Å². The summed E-state index contributed by atoms with van der Waals surface area (Å²) in [5, 5.41) is 9.48. The molecule has 1 aromatic rings. The summed E-state index contributed by atoms with van der Waals surface area (Å²) in [6.07, 6.45) is 1.88. The smallest absolute Gasteiger partial charge is 0.325 e. The minimum atomic E-state index is -1.34. The first-order valence-electron chi connectivity index (χ1n) is 5.47. The molecule has 0 bridgehead atoms. The van der Waals surface area contributed by atoms with Gasteiger partial charge in [-0.15, -0.1) is 0 Å². The summed E-state index contributed by atoms with van der Waals surface area (Å²) in [4.78, 5) is 24.6. The Morgan fingerprint density at radius 2 is 2.22 bits per heavy atom. The molecule has 1 aliphatic rings. The van der Waals surface area contributed by atoms with Gasteiger partial charge in [0.05, 0.1) is 5.02 Å². The molecule has 0 spiro atoms. The Morgan fingerprint density at radius 1 is 1.56 bits per heavy atom. The SMILES string of the molecule is Cn1cc(Cl)cc1C(=O)N1CCC(N)(C(=O)O)C1. The maximum Gasteiger partial charge on any atom is 0.325 e. The minimum absolute atomic E-state index is 0.0178. The number of aliphatic carboxylic acids is 1. The Hall–Kier alpha value is -1.53. The number of carboxylic acid groups (broad SMARTS) is 1. The van der Waals surface area contributed by atoms with Gasteiger partial charge in [-0.3, -0.25) is 9.59 Å². The average Bonchev–Trinajstić information content (AvgIpc) is 2.82. The van der Waals surface area contributed by atoms with Crippen LogP contribution in [-0.4, -0.2) is 45.1 Å². The van der Waals surface area contributed by atoms with Crippen LogP contribution in [0.15, 0.2) is 12.3 Å². The maximum absolute atomic E-state index is 12.2. The van der Waals surface area contributed by atoms with Gasteiger partial charge in [-0.1, -0.05) is 11.6 Å². The molecule has 3 N–H and O–H groups in total. The molecule has 1 atom stereocenters. The van der Waals surface area contributed by atoms with Crippen molar-refractivity contribution < 1.29 is 14.7 Å². The van der Waals surface area contributed by atoms with Crippen LogP contribution in [0.5, 0.6) is 0 Å². The highest BCUT2D eigenvalue weighted by molar-refractivity contribution is 6.31. The molecule has 0 aliphatic carbocycles. The molecule has 0 aromatic carbocycles. The lowest BCUT2D eigenvalue weighted by atomic mass is 10.0. The number of hydrogen-bond donors (Lipinski definition) is 2. The number of likely N-dealkylation sites (tertiary alicyclic amines) is 1. The van der Waals surface area contributed by atoms with Gasteiger partial charge in [0.25, 0.3) is 5.91 Å². The predicted octanol–water partition coefficient (Wildman–Crippen LogP) is 0.307. The van der Waals surface area contributed by atoms with Gasteiger partial charge in [-0.05, 0) is 12.5 Å². The van der Waals surface area contributed by atoms with Gasteiger partial charge < -0.3 is 20.3 Å². The molecule has 2 rings (SSSR count). The number of hydrogen-bond acceptors (Lipinski definition) is 3. The van der Waals surface area contributed by atoms with Crippen LogP contribution in [0.4, 0.5) is 0 Å². The molecule has 1 amide bonds. The van der Waals surface area contributed by atoms with E-state index in [2.05, 4.69) is 0 Å². The van der Waals surface area contributed by atoms with Gasteiger partial charge in [0.2, 0.25) is 0 Å². The van der Waals surface area contributed by atoms with Crippen LogP contribution in [0.1, 0.15) is 16.9 Å². The van der Waals surface area contributed by atoms with Gasteiger partial charge in [-0.2, -0.15) is 0 Å². The summed E-state index contributed by atoms with van der Waals surface area (Å²) in [5.41, 5.74) is 4.81. The standard InChI is InChI=1S/C11H14ClN3O3/c1-14-5-7(12)4-8(14)9(16)15-3-2-11(13,6-15)10(17)18/h4-5H,2-3,6,13H2,1H3,(H,17,18). The second kappa shape index (κ2) is 4.29. The van der Waals surface area contributed by atoms with Gasteiger partial charge in [-0.25, -0.2) is 0 Å².